The fourth-order valence-electron chi connectivity index (χ4n) is 4.96. The molecule has 1 aromatic rings. The van der Waals surface area contributed by atoms with Crippen LogP contribution in [0.5, 0.6) is 0 Å². The molecule has 0 bridgehead atoms. The summed E-state index contributed by atoms with van der Waals surface area (Å²) >= 11 is 5.30. The number of thiocarbonyl (C=S) groups is 1. The summed E-state index contributed by atoms with van der Waals surface area (Å²) < 4.78 is 0. The number of hydrogen-bond acceptors (Lipinski definition) is 6. The molecule has 1 atom stereocenters. The molecular formula is C21H28N4O4S. The molecule has 0 aromatic heterocycles. The third-order valence-corrected chi connectivity index (χ3v) is 6.58. The van der Waals surface area contributed by atoms with Crippen LogP contribution >= 0.6 is 12.2 Å². The topological polar surface area (TPSA) is 87.0 Å². The number of amides is 2. The van der Waals surface area contributed by atoms with Crippen molar-refractivity contribution in [3.63, 3.8) is 0 Å². The molecule has 2 amide bonds. The summed E-state index contributed by atoms with van der Waals surface area (Å²) in [7, 11) is 3.17. The van der Waals surface area contributed by atoms with Crippen LogP contribution in [0.3, 0.4) is 0 Å². The summed E-state index contributed by atoms with van der Waals surface area (Å²) in [5, 5.41) is 11.6. The molecule has 0 saturated carbocycles. The number of benzene rings is 1. The van der Waals surface area contributed by atoms with Gasteiger partial charge in [0.15, 0.2) is 10.5 Å². The van der Waals surface area contributed by atoms with Gasteiger partial charge in [0.25, 0.3) is 5.69 Å². The Hall–Kier alpha value is -2.55. The van der Waals surface area contributed by atoms with Crippen LogP contribution in [-0.2, 0) is 16.0 Å². The van der Waals surface area contributed by atoms with E-state index in [2.05, 4.69) is 18.7 Å². The average molecular weight is 433 g/mol. The lowest BCUT2D eigenvalue weighted by molar-refractivity contribution is -0.384. The number of carbonyl (C=O) groups is 2. The molecular weight excluding hydrogens is 404 g/mol. The fraction of sp³-hybridized carbons (Fsp3) is 0.571. The predicted molar refractivity (Wildman–Crippen MR) is 118 cm³/mol. The van der Waals surface area contributed by atoms with E-state index in [4.69, 9.17) is 12.2 Å². The molecule has 162 valence electrons. The zero-order chi connectivity index (χ0) is 22.5. The van der Waals surface area contributed by atoms with E-state index in [-0.39, 0.29) is 40.9 Å². The highest BCUT2D eigenvalue weighted by atomic mass is 32.1. The molecule has 1 fully saturated rings. The van der Waals surface area contributed by atoms with Gasteiger partial charge in [-0.2, -0.15) is 0 Å². The molecule has 1 aromatic carbocycles. The van der Waals surface area contributed by atoms with Crippen molar-refractivity contribution in [2.24, 2.45) is 17.3 Å². The van der Waals surface area contributed by atoms with E-state index in [9.17, 15) is 19.7 Å². The van der Waals surface area contributed by atoms with Gasteiger partial charge in [0.1, 0.15) is 0 Å². The summed E-state index contributed by atoms with van der Waals surface area (Å²) in [6, 6.07) is 4.32. The zero-order valence-electron chi connectivity index (χ0n) is 18.2. The van der Waals surface area contributed by atoms with Crippen LogP contribution in [0.4, 0.5) is 11.4 Å². The number of fused-ring (bicyclic) bond motifs is 1. The van der Waals surface area contributed by atoms with E-state index in [1.54, 1.807) is 20.2 Å². The van der Waals surface area contributed by atoms with Crippen LogP contribution < -0.4 is 4.90 Å². The summed E-state index contributed by atoms with van der Waals surface area (Å²) in [6.07, 6.45) is 0.108. The van der Waals surface area contributed by atoms with Crippen LogP contribution in [0.1, 0.15) is 33.3 Å². The lowest BCUT2D eigenvalue weighted by atomic mass is 9.65. The number of nitrogens with zero attached hydrogens (tertiary/aromatic N) is 4. The smallest absolute Gasteiger partial charge is 0.269 e. The second-order valence-electron chi connectivity index (χ2n) is 8.96. The Bertz CT molecular complexity index is 906. The maximum Gasteiger partial charge on any atom is 0.269 e. The van der Waals surface area contributed by atoms with Crippen molar-refractivity contribution in [2.75, 3.05) is 25.5 Å². The van der Waals surface area contributed by atoms with Crippen molar-refractivity contribution in [3.8, 4) is 0 Å². The molecule has 0 radical (unpaired) electrons. The first-order valence-electron chi connectivity index (χ1n) is 10.1. The van der Waals surface area contributed by atoms with Gasteiger partial charge in [-0.25, -0.2) is 0 Å². The van der Waals surface area contributed by atoms with E-state index in [0.29, 0.717) is 12.1 Å². The Morgan fingerprint density at radius 3 is 2.20 bits per heavy atom. The molecule has 0 unspecified atom stereocenters. The molecule has 3 rings (SSSR count). The monoisotopic (exact) mass is 432 g/mol. The minimum absolute atomic E-state index is 0.0199. The molecule has 2 aliphatic heterocycles. The van der Waals surface area contributed by atoms with Gasteiger partial charge in [0.2, 0.25) is 11.8 Å². The second-order valence-corrected chi connectivity index (χ2v) is 9.33. The minimum atomic E-state index is -1.39. The molecule has 0 N–H and O–H groups in total. The molecule has 2 aliphatic rings. The summed E-state index contributed by atoms with van der Waals surface area (Å²) in [5.41, 5.74) is 0.0389. The van der Waals surface area contributed by atoms with E-state index < -0.39 is 16.4 Å². The number of hydrogen-bond donors (Lipinski definition) is 0. The highest BCUT2D eigenvalue weighted by Crippen LogP contribution is 2.48. The number of rotatable bonds is 4. The molecule has 8 nitrogen and oxygen atoms in total. The number of nitro groups is 1. The number of non-ortho nitro benzene ring substituents is 1. The highest BCUT2D eigenvalue weighted by molar-refractivity contribution is 7.80. The number of nitro benzene ring substituents is 1. The van der Waals surface area contributed by atoms with Crippen molar-refractivity contribution in [3.05, 3.63) is 33.9 Å². The highest BCUT2D eigenvalue weighted by Gasteiger charge is 2.63. The SMILES string of the molecule is CC(C)CN1c2ccc([N+](=O)[O-])cc2CC2(C(=O)N(C)C(=S)N(C)C2=O)[C@@H]1C(C)C. The summed E-state index contributed by atoms with van der Waals surface area (Å²) in [6.45, 7) is 8.77. The first-order valence-corrected chi connectivity index (χ1v) is 10.5. The Morgan fingerprint density at radius 1 is 1.17 bits per heavy atom. The Morgan fingerprint density at radius 2 is 1.73 bits per heavy atom. The Kier molecular flexibility index (Phi) is 5.62. The van der Waals surface area contributed by atoms with Crippen LogP contribution in [0.15, 0.2) is 18.2 Å². The first-order chi connectivity index (χ1) is 13.9. The fourth-order valence-corrected chi connectivity index (χ4v) is 5.12. The van der Waals surface area contributed by atoms with Crippen LogP contribution in [0.25, 0.3) is 0 Å². The van der Waals surface area contributed by atoms with E-state index in [1.165, 1.54) is 21.9 Å². The Labute approximate surface area is 182 Å². The van der Waals surface area contributed by atoms with Crippen molar-refractivity contribution in [2.45, 2.75) is 40.2 Å². The van der Waals surface area contributed by atoms with Gasteiger partial charge in [-0.3, -0.25) is 29.5 Å². The van der Waals surface area contributed by atoms with E-state index >= 15 is 0 Å². The standard InChI is InChI=1S/C21H28N4O4S/c1-12(2)11-24-16-8-7-15(25(28)29)9-14(16)10-21(17(24)13(3)4)18(26)22(5)20(30)23(6)19(21)27/h7-9,12-13,17H,10-11H2,1-6H3/t17-/m0/s1. The lowest BCUT2D eigenvalue weighted by Crippen LogP contribution is -2.72. The summed E-state index contributed by atoms with van der Waals surface area (Å²) in [4.78, 5) is 43.1. The molecule has 30 heavy (non-hydrogen) atoms. The number of anilines is 1. The third kappa shape index (κ3) is 3.15. The molecule has 1 spiro atoms. The molecule has 9 heteroatoms. The van der Waals surface area contributed by atoms with Crippen LogP contribution in [0.2, 0.25) is 0 Å². The van der Waals surface area contributed by atoms with Gasteiger partial charge in [0.05, 0.1) is 11.0 Å². The van der Waals surface area contributed by atoms with Crippen LogP contribution in [-0.4, -0.2) is 58.3 Å². The van der Waals surface area contributed by atoms with Gasteiger partial charge in [-0.15, -0.1) is 0 Å². The average Bonchev–Trinajstić information content (AvgIpc) is 2.68. The largest absolute Gasteiger partial charge is 0.366 e. The minimum Gasteiger partial charge on any atom is -0.366 e. The molecule has 1 saturated heterocycles. The van der Waals surface area contributed by atoms with Crippen molar-refractivity contribution >= 4 is 40.5 Å². The van der Waals surface area contributed by atoms with Gasteiger partial charge in [-0.05, 0) is 35.7 Å². The second kappa shape index (κ2) is 7.61. The maximum absolute atomic E-state index is 13.7. The quantitative estimate of drug-likeness (QED) is 0.315. The normalized spacial score (nSPS) is 21.1. The molecule has 0 aliphatic carbocycles. The summed E-state index contributed by atoms with van der Waals surface area (Å²) in [5.74, 6) is -0.455. The van der Waals surface area contributed by atoms with Gasteiger partial charge < -0.3 is 4.90 Å². The van der Waals surface area contributed by atoms with E-state index in [0.717, 1.165) is 5.69 Å². The van der Waals surface area contributed by atoms with Gasteiger partial charge in [-0.1, -0.05) is 27.7 Å². The van der Waals surface area contributed by atoms with Crippen molar-refractivity contribution in [1.82, 2.24) is 9.80 Å². The van der Waals surface area contributed by atoms with Gasteiger partial charge in [0, 0.05) is 44.9 Å². The predicted octanol–water partition coefficient (Wildman–Crippen LogP) is 2.84. The Balaban J connectivity index is 2.31. The molecule has 2 heterocycles. The zero-order valence-corrected chi connectivity index (χ0v) is 19.0. The van der Waals surface area contributed by atoms with Crippen molar-refractivity contribution in [1.29, 1.82) is 0 Å². The van der Waals surface area contributed by atoms with Gasteiger partial charge >= 0.3 is 0 Å². The van der Waals surface area contributed by atoms with E-state index in [1.807, 2.05) is 13.8 Å². The first kappa shape index (κ1) is 22.1. The number of carbonyl (C=O) groups excluding carboxylic acids is 2. The third-order valence-electron chi connectivity index (χ3n) is 6.03. The van der Waals surface area contributed by atoms with Crippen molar-refractivity contribution < 1.29 is 14.5 Å². The van der Waals surface area contributed by atoms with Crippen LogP contribution in [0, 0.1) is 27.4 Å². The lowest BCUT2D eigenvalue weighted by Gasteiger charge is -2.55. The maximum atomic E-state index is 13.7.